The number of urea groups is 1. The van der Waals surface area contributed by atoms with Gasteiger partial charge in [0.15, 0.2) is 6.23 Å². The molecule has 0 aliphatic rings. The van der Waals surface area contributed by atoms with Crippen LogP contribution in [0.2, 0.25) is 0 Å². The summed E-state index contributed by atoms with van der Waals surface area (Å²) in [6.07, 6.45) is -0.555. The molecule has 2 amide bonds. The van der Waals surface area contributed by atoms with Crippen molar-refractivity contribution in [1.82, 2.24) is 5.32 Å². The Kier molecular flexibility index (Phi) is 6.60. The van der Waals surface area contributed by atoms with Crippen molar-refractivity contribution in [2.45, 2.75) is 32.9 Å². The van der Waals surface area contributed by atoms with E-state index in [0.29, 0.717) is 11.6 Å². The predicted octanol–water partition coefficient (Wildman–Crippen LogP) is 4.14. The zero-order valence-corrected chi connectivity index (χ0v) is 15.4. The molecule has 0 saturated carbocycles. The molecule has 138 valence electrons. The number of methoxy groups -OCH3 is 1. The molecule has 2 N–H and O–H groups in total. The molecule has 0 radical (unpaired) electrons. The first-order valence-corrected chi connectivity index (χ1v) is 8.42. The summed E-state index contributed by atoms with van der Waals surface area (Å²) >= 11 is 0. The molecule has 1 unspecified atom stereocenters. The number of anilines is 1. The predicted molar refractivity (Wildman–Crippen MR) is 101 cm³/mol. The molecule has 0 spiro atoms. The standard InChI is InChI=1S/C20H24N2O4/c1-13(2)15-9-6-8-12-18(15)26-14(3)21-20(24)22-17-11-7-5-10-16(17)19(23)25-4/h5-14H,1-4H3,(H2,21,22,24). The molecule has 0 fully saturated rings. The van der Waals surface area contributed by atoms with E-state index in [9.17, 15) is 9.59 Å². The first-order valence-electron chi connectivity index (χ1n) is 8.42. The summed E-state index contributed by atoms with van der Waals surface area (Å²) in [7, 11) is 1.29. The number of hydrogen-bond donors (Lipinski definition) is 2. The highest BCUT2D eigenvalue weighted by Crippen LogP contribution is 2.26. The summed E-state index contributed by atoms with van der Waals surface area (Å²) < 4.78 is 10.6. The second-order valence-corrected chi connectivity index (χ2v) is 6.09. The van der Waals surface area contributed by atoms with Crippen LogP contribution in [0.15, 0.2) is 48.5 Å². The highest BCUT2D eigenvalue weighted by Gasteiger charge is 2.16. The Morgan fingerprint density at radius 1 is 0.962 bits per heavy atom. The van der Waals surface area contributed by atoms with Crippen LogP contribution in [0.5, 0.6) is 5.75 Å². The number of benzene rings is 2. The number of amides is 2. The van der Waals surface area contributed by atoms with Crippen molar-refractivity contribution in [2.75, 3.05) is 12.4 Å². The Bertz CT molecular complexity index is 774. The van der Waals surface area contributed by atoms with Crippen molar-refractivity contribution in [3.05, 3.63) is 59.7 Å². The minimum Gasteiger partial charge on any atom is -0.471 e. The zero-order valence-electron chi connectivity index (χ0n) is 15.4. The van der Waals surface area contributed by atoms with E-state index in [1.165, 1.54) is 7.11 Å². The summed E-state index contributed by atoms with van der Waals surface area (Å²) in [6, 6.07) is 13.9. The fourth-order valence-electron chi connectivity index (χ4n) is 2.51. The molecule has 26 heavy (non-hydrogen) atoms. The zero-order chi connectivity index (χ0) is 19.1. The first-order chi connectivity index (χ1) is 12.4. The van der Waals surface area contributed by atoms with E-state index >= 15 is 0 Å². The molecule has 0 bridgehead atoms. The van der Waals surface area contributed by atoms with Crippen molar-refractivity contribution in [1.29, 1.82) is 0 Å². The van der Waals surface area contributed by atoms with Gasteiger partial charge in [0.1, 0.15) is 5.75 Å². The Hall–Kier alpha value is -3.02. The summed E-state index contributed by atoms with van der Waals surface area (Å²) in [5.74, 6) is 0.514. The van der Waals surface area contributed by atoms with Gasteiger partial charge in [0, 0.05) is 0 Å². The summed E-state index contributed by atoms with van der Waals surface area (Å²) in [5, 5.41) is 5.35. The van der Waals surface area contributed by atoms with Crippen LogP contribution >= 0.6 is 0 Å². The highest BCUT2D eigenvalue weighted by molar-refractivity contribution is 6.00. The third kappa shape index (κ3) is 4.99. The van der Waals surface area contributed by atoms with Crippen LogP contribution in [0.1, 0.15) is 42.6 Å². The number of esters is 1. The maximum atomic E-state index is 12.2. The normalized spacial score (nSPS) is 11.6. The Balaban J connectivity index is 2.02. The molecule has 0 saturated heterocycles. The summed E-state index contributed by atoms with van der Waals surface area (Å²) in [4.78, 5) is 24.0. The Morgan fingerprint density at radius 2 is 1.62 bits per heavy atom. The number of rotatable bonds is 6. The molecular formula is C20H24N2O4. The molecule has 6 heteroatoms. The lowest BCUT2D eigenvalue weighted by molar-refractivity contribution is 0.0602. The smallest absolute Gasteiger partial charge is 0.339 e. The van der Waals surface area contributed by atoms with Crippen LogP contribution in [-0.4, -0.2) is 25.3 Å². The number of ether oxygens (including phenoxy) is 2. The lowest BCUT2D eigenvalue weighted by atomic mass is 10.0. The maximum absolute atomic E-state index is 12.2. The van der Waals surface area contributed by atoms with Gasteiger partial charge >= 0.3 is 12.0 Å². The van der Waals surface area contributed by atoms with Gasteiger partial charge in [-0.05, 0) is 36.6 Å². The second kappa shape index (κ2) is 8.89. The average Bonchev–Trinajstić information content (AvgIpc) is 2.61. The number of carbonyl (C=O) groups is 2. The van der Waals surface area contributed by atoms with E-state index in [4.69, 9.17) is 9.47 Å². The van der Waals surface area contributed by atoms with Gasteiger partial charge < -0.3 is 20.1 Å². The van der Waals surface area contributed by atoms with Crippen LogP contribution in [0.25, 0.3) is 0 Å². The van der Waals surface area contributed by atoms with Gasteiger partial charge in [0.05, 0.1) is 18.4 Å². The van der Waals surface area contributed by atoms with Crippen LogP contribution in [0, 0.1) is 0 Å². The number of carbonyl (C=O) groups excluding carboxylic acids is 2. The molecule has 0 heterocycles. The second-order valence-electron chi connectivity index (χ2n) is 6.09. The molecule has 1 atom stereocenters. The fourth-order valence-corrected chi connectivity index (χ4v) is 2.51. The monoisotopic (exact) mass is 356 g/mol. The van der Waals surface area contributed by atoms with Crippen molar-refractivity contribution >= 4 is 17.7 Å². The van der Waals surface area contributed by atoms with Crippen molar-refractivity contribution in [3.8, 4) is 5.75 Å². The van der Waals surface area contributed by atoms with E-state index < -0.39 is 18.2 Å². The molecule has 2 aromatic carbocycles. The van der Waals surface area contributed by atoms with Gasteiger partial charge in [-0.15, -0.1) is 0 Å². The SMILES string of the molecule is COC(=O)c1ccccc1NC(=O)NC(C)Oc1ccccc1C(C)C. The molecular weight excluding hydrogens is 332 g/mol. The van der Waals surface area contributed by atoms with Gasteiger partial charge in [0.2, 0.25) is 0 Å². The van der Waals surface area contributed by atoms with Gasteiger partial charge in [-0.25, -0.2) is 9.59 Å². The molecule has 0 aliphatic carbocycles. The van der Waals surface area contributed by atoms with Gasteiger partial charge in [0.25, 0.3) is 0 Å². The maximum Gasteiger partial charge on any atom is 0.339 e. The summed E-state index contributed by atoms with van der Waals surface area (Å²) in [5.41, 5.74) is 1.72. The third-order valence-electron chi connectivity index (χ3n) is 3.76. The fraction of sp³-hybridized carbons (Fsp3) is 0.300. The minimum atomic E-state index is -0.555. The van der Waals surface area contributed by atoms with Crippen LogP contribution in [0.4, 0.5) is 10.5 Å². The molecule has 2 aromatic rings. The van der Waals surface area contributed by atoms with E-state index in [1.54, 1.807) is 31.2 Å². The van der Waals surface area contributed by atoms with Gasteiger partial charge in [-0.2, -0.15) is 0 Å². The van der Waals surface area contributed by atoms with Gasteiger partial charge in [-0.1, -0.05) is 44.2 Å². The number of hydrogen-bond acceptors (Lipinski definition) is 4. The minimum absolute atomic E-state index is 0.281. The third-order valence-corrected chi connectivity index (χ3v) is 3.76. The largest absolute Gasteiger partial charge is 0.471 e. The molecule has 0 aliphatic heterocycles. The van der Waals surface area contributed by atoms with E-state index in [-0.39, 0.29) is 5.56 Å². The lowest BCUT2D eigenvalue weighted by Crippen LogP contribution is -2.39. The lowest BCUT2D eigenvalue weighted by Gasteiger charge is -2.20. The van der Waals surface area contributed by atoms with Crippen LogP contribution < -0.4 is 15.4 Å². The van der Waals surface area contributed by atoms with Crippen molar-refractivity contribution in [2.24, 2.45) is 0 Å². The van der Waals surface area contributed by atoms with Gasteiger partial charge in [-0.3, -0.25) is 0 Å². The quantitative estimate of drug-likeness (QED) is 0.602. The van der Waals surface area contributed by atoms with E-state index in [2.05, 4.69) is 24.5 Å². The Labute approximate surface area is 153 Å². The van der Waals surface area contributed by atoms with Crippen LogP contribution in [-0.2, 0) is 4.74 Å². The first kappa shape index (κ1) is 19.3. The average molecular weight is 356 g/mol. The molecule has 0 aromatic heterocycles. The number of para-hydroxylation sites is 2. The Morgan fingerprint density at radius 3 is 2.31 bits per heavy atom. The highest BCUT2D eigenvalue weighted by atomic mass is 16.5. The molecule has 6 nitrogen and oxygen atoms in total. The van der Waals surface area contributed by atoms with Crippen LogP contribution in [0.3, 0.4) is 0 Å². The van der Waals surface area contributed by atoms with Crippen molar-refractivity contribution < 1.29 is 19.1 Å². The summed E-state index contributed by atoms with van der Waals surface area (Å²) in [6.45, 7) is 5.90. The number of nitrogens with one attached hydrogen (secondary N) is 2. The van der Waals surface area contributed by atoms with E-state index in [1.807, 2.05) is 24.3 Å². The van der Waals surface area contributed by atoms with E-state index in [0.717, 1.165) is 11.3 Å². The molecule has 2 rings (SSSR count). The van der Waals surface area contributed by atoms with Crippen molar-refractivity contribution in [3.63, 3.8) is 0 Å². The topological polar surface area (TPSA) is 76.7 Å².